The van der Waals surface area contributed by atoms with Crippen molar-refractivity contribution in [3.05, 3.63) is 53.7 Å². The molecule has 2 aromatic heterocycles. The molecule has 1 unspecified atom stereocenters. The fourth-order valence-corrected chi connectivity index (χ4v) is 4.07. The van der Waals surface area contributed by atoms with Crippen LogP contribution in [0.4, 0.5) is 10.2 Å². The molecular formula is C24H31FN6O. The number of nitrogens with zero attached hydrogens (tertiary/aromatic N) is 5. The molecule has 0 aromatic carbocycles. The molecule has 3 rings (SSSR count). The Hall–Kier alpha value is -3.05. The zero-order chi connectivity index (χ0) is 23.1. The van der Waals surface area contributed by atoms with Gasteiger partial charge in [-0.2, -0.15) is 5.26 Å². The third-order valence-corrected chi connectivity index (χ3v) is 6.03. The summed E-state index contributed by atoms with van der Waals surface area (Å²) in [6.45, 7) is 8.50. The molecule has 8 heteroatoms. The number of pyridine rings is 2. The van der Waals surface area contributed by atoms with Gasteiger partial charge in [0.1, 0.15) is 17.7 Å². The van der Waals surface area contributed by atoms with E-state index in [1.54, 1.807) is 24.5 Å². The van der Waals surface area contributed by atoms with Crippen LogP contribution in [0.5, 0.6) is 0 Å². The van der Waals surface area contributed by atoms with E-state index in [4.69, 9.17) is 5.26 Å². The van der Waals surface area contributed by atoms with Crippen molar-refractivity contribution in [3.63, 3.8) is 0 Å². The Kier molecular flexibility index (Phi) is 7.75. The number of halogens is 1. The fourth-order valence-electron chi connectivity index (χ4n) is 4.07. The number of rotatable bonds is 11. The van der Waals surface area contributed by atoms with Gasteiger partial charge in [-0.1, -0.05) is 0 Å². The van der Waals surface area contributed by atoms with E-state index >= 15 is 0 Å². The molecule has 0 radical (unpaired) electrons. The van der Waals surface area contributed by atoms with Crippen LogP contribution in [0.3, 0.4) is 0 Å². The standard InChI is InChI=1S/C24H31FN6O/c1-4-30(17-18(3)31(5-2)21-9-8-19(15-26)16-28-21)22(32)10-14-29-24(11-12-24)23-20(25)7-6-13-27-23/h6-9,13,16,18,29H,4-5,10-12,14,17H2,1-3H3. The number of likely N-dealkylation sites (N-methyl/N-ethyl adjacent to an activating group) is 2. The Morgan fingerprint density at radius 3 is 2.62 bits per heavy atom. The Morgan fingerprint density at radius 1 is 1.28 bits per heavy atom. The molecule has 0 bridgehead atoms. The number of anilines is 1. The van der Waals surface area contributed by atoms with E-state index < -0.39 is 5.54 Å². The van der Waals surface area contributed by atoms with Crippen LogP contribution in [-0.4, -0.2) is 53.0 Å². The Balaban J connectivity index is 1.54. The topological polar surface area (TPSA) is 85.1 Å². The first-order chi connectivity index (χ1) is 15.4. The SMILES string of the molecule is CCN(CC(C)N(CC)c1ccc(C#N)cn1)C(=O)CCNC1(c2ncccc2F)CC1. The van der Waals surface area contributed by atoms with E-state index in [2.05, 4.69) is 33.2 Å². The van der Waals surface area contributed by atoms with Gasteiger partial charge < -0.3 is 15.1 Å². The van der Waals surface area contributed by atoms with Crippen molar-refractivity contribution in [2.75, 3.05) is 31.1 Å². The largest absolute Gasteiger partial charge is 0.352 e. The third-order valence-electron chi connectivity index (χ3n) is 6.03. The molecular weight excluding hydrogens is 407 g/mol. The highest BCUT2D eigenvalue weighted by Crippen LogP contribution is 2.45. The minimum atomic E-state index is -0.434. The smallest absolute Gasteiger partial charge is 0.223 e. The summed E-state index contributed by atoms with van der Waals surface area (Å²) in [6.07, 6.45) is 5.17. The van der Waals surface area contributed by atoms with Crippen LogP contribution in [0, 0.1) is 17.1 Å². The number of carbonyl (C=O) groups excluding carboxylic acids is 1. The fraction of sp³-hybridized carbons (Fsp3) is 0.500. The number of amides is 1. The summed E-state index contributed by atoms with van der Waals surface area (Å²) in [6, 6.07) is 8.76. The third kappa shape index (κ3) is 5.40. The molecule has 1 atom stereocenters. The molecule has 7 nitrogen and oxygen atoms in total. The predicted molar refractivity (Wildman–Crippen MR) is 121 cm³/mol. The van der Waals surface area contributed by atoms with Crippen LogP contribution in [0.15, 0.2) is 36.7 Å². The van der Waals surface area contributed by atoms with Gasteiger partial charge in [-0.15, -0.1) is 0 Å². The summed E-state index contributed by atoms with van der Waals surface area (Å²) in [5.41, 5.74) is 0.534. The molecule has 2 heterocycles. The minimum Gasteiger partial charge on any atom is -0.352 e. The van der Waals surface area contributed by atoms with Crippen LogP contribution in [-0.2, 0) is 10.3 Å². The number of nitriles is 1. The Bertz CT molecular complexity index is 954. The lowest BCUT2D eigenvalue weighted by atomic mass is 10.1. The first-order valence-electron chi connectivity index (χ1n) is 11.2. The maximum Gasteiger partial charge on any atom is 0.223 e. The maximum absolute atomic E-state index is 14.1. The lowest BCUT2D eigenvalue weighted by Crippen LogP contribution is -2.45. The molecule has 2 aromatic rings. The van der Waals surface area contributed by atoms with Crippen LogP contribution in [0.2, 0.25) is 0 Å². The predicted octanol–water partition coefficient (Wildman–Crippen LogP) is 3.22. The molecule has 1 N–H and O–H groups in total. The summed E-state index contributed by atoms with van der Waals surface area (Å²) in [4.78, 5) is 25.4. The quantitative estimate of drug-likeness (QED) is 0.580. The average Bonchev–Trinajstić information content (AvgIpc) is 3.59. The number of carbonyl (C=O) groups is 1. The van der Waals surface area contributed by atoms with Gasteiger partial charge in [-0.3, -0.25) is 9.78 Å². The molecule has 0 spiro atoms. The molecule has 1 saturated carbocycles. The van der Waals surface area contributed by atoms with Gasteiger partial charge in [0.25, 0.3) is 0 Å². The van der Waals surface area contributed by atoms with E-state index in [9.17, 15) is 9.18 Å². The van der Waals surface area contributed by atoms with Crippen molar-refractivity contribution in [1.29, 1.82) is 5.26 Å². The van der Waals surface area contributed by atoms with E-state index in [-0.39, 0.29) is 17.8 Å². The summed E-state index contributed by atoms with van der Waals surface area (Å²) < 4.78 is 14.1. The molecule has 0 saturated heterocycles. The summed E-state index contributed by atoms with van der Waals surface area (Å²) in [7, 11) is 0. The van der Waals surface area contributed by atoms with Gasteiger partial charge >= 0.3 is 0 Å². The van der Waals surface area contributed by atoms with Crippen molar-refractivity contribution >= 4 is 11.7 Å². The summed E-state index contributed by atoms with van der Waals surface area (Å²) in [5, 5.41) is 12.3. The van der Waals surface area contributed by atoms with E-state index in [0.717, 1.165) is 25.2 Å². The van der Waals surface area contributed by atoms with Crippen molar-refractivity contribution in [2.45, 2.75) is 51.6 Å². The van der Waals surface area contributed by atoms with Crippen LogP contribution in [0.25, 0.3) is 0 Å². The number of hydrogen-bond donors (Lipinski definition) is 1. The highest BCUT2D eigenvalue weighted by molar-refractivity contribution is 5.76. The lowest BCUT2D eigenvalue weighted by Gasteiger charge is -2.33. The number of nitrogens with one attached hydrogen (secondary N) is 1. The summed E-state index contributed by atoms with van der Waals surface area (Å²) in [5.74, 6) is 0.550. The highest BCUT2D eigenvalue weighted by atomic mass is 19.1. The first-order valence-corrected chi connectivity index (χ1v) is 11.2. The van der Waals surface area contributed by atoms with Gasteiger partial charge in [-0.05, 0) is 57.9 Å². The second-order valence-corrected chi connectivity index (χ2v) is 8.18. The monoisotopic (exact) mass is 438 g/mol. The molecule has 0 aliphatic heterocycles. The van der Waals surface area contributed by atoms with Crippen molar-refractivity contribution in [2.24, 2.45) is 0 Å². The molecule has 1 amide bonds. The lowest BCUT2D eigenvalue weighted by molar-refractivity contribution is -0.131. The second kappa shape index (κ2) is 10.5. The molecule has 170 valence electrons. The molecule has 1 aliphatic carbocycles. The Morgan fingerprint density at radius 2 is 2.06 bits per heavy atom. The highest BCUT2D eigenvalue weighted by Gasteiger charge is 2.47. The van der Waals surface area contributed by atoms with Crippen LogP contribution >= 0.6 is 0 Å². The Labute approximate surface area is 189 Å². The van der Waals surface area contributed by atoms with Gasteiger partial charge in [0, 0.05) is 51.0 Å². The zero-order valence-corrected chi connectivity index (χ0v) is 19.0. The molecule has 1 fully saturated rings. The minimum absolute atomic E-state index is 0.0629. The first kappa shape index (κ1) is 23.6. The second-order valence-electron chi connectivity index (χ2n) is 8.18. The van der Waals surface area contributed by atoms with Crippen molar-refractivity contribution < 1.29 is 9.18 Å². The van der Waals surface area contributed by atoms with Crippen molar-refractivity contribution in [1.82, 2.24) is 20.2 Å². The van der Waals surface area contributed by atoms with Crippen LogP contribution in [0.1, 0.15) is 51.3 Å². The van der Waals surface area contributed by atoms with Gasteiger partial charge in [0.05, 0.1) is 16.8 Å². The summed E-state index contributed by atoms with van der Waals surface area (Å²) >= 11 is 0. The molecule has 1 aliphatic rings. The van der Waals surface area contributed by atoms with Gasteiger partial charge in [-0.25, -0.2) is 9.37 Å². The maximum atomic E-state index is 14.1. The number of hydrogen-bond acceptors (Lipinski definition) is 6. The van der Waals surface area contributed by atoms with Crippen molar-refractivity contribution in [3.8, 4) is 6.07 Å². The average molecular weight is 439 g/mol. The normalized spacial score (nSPS) is 15.0. The van der Waals surface area contributed by atoms with Gasteiger partial charge in [0.2, 0.25) is 5.91 Å². The number of aromatic nitrogens is 2. The van der Waals surface area contributed by atoms with Gasteiger partial charge in [0.15, 0.2) is 0 Å². The van der Waals surface area contributed by atoms with E-state index in [1.807, 2.05) is 24.8 Å². The molecule has 32 heavy (non-hydrogen) atoms. The van der Waals surface area contributed by atoms with E-state index in [1.165, 1.54) is 6.07 Å². The van der Waals surface area contributed by atoms with Crippen LogP contribution < -0.4 is 10.2 Å². The zero-order valence-electron chi connectivity index (χ0n) is 19.0. The van der Waals surface area contributed by atoms with E-state index in [0.29, 0.717) is 37.3 Å².